The molecular weight excluding hydrogens is 208 g/mol. The number of hydrogen-bond donors (Lipinski definition) is 2. The Bertz CT molecular complexity index is 504. The van der Waals surface area contributed by atoms with Gasteiger partial charge in [0.05, 0.1) is 0 Å². The summed E-state index contributed by atoms with van der Waals surface area (Å²) in [4.78, 5) is 16.2. The molecule has 0 amide bonds. The van der Waals surface area contributed by atoms with Gasteiger partial charge in [-0.25, -0.2) is 4.98 Å². The van der Waals surface area contributed by atoms with Crippen molar-refractivity contribution in [2.75, 3.05) is 0 Å². The van der Waals surface area contributed by atoms with Crippen molar-refractivity contribution in [1.82, 2.24) is 9.97 Å². The van der Waals surface area contributed by atoms with Gasteiger partial charge in [0.25, 0.3) is 0 Å². The van der Waals surface area contributed by atoms with Gasteiger partial charge in [0.2, 0.25) is 0 Å². The first-order chi connectivity index (χ1) is 7.70. The van der Waals surface area contributed by atoms with E-state index in [1.165, 1.54) is 6.20 Å². The lowest BCUT2D eigenvalue weighted by Gasteiger charge is -1.97. The topological polar surface area (TPSA) is 97.8 Å². The smallest absolute Gasteiger partial charge is 0.390 e. The molecular formula is C10H10N4O2. The van der Waals surface area contributed by atoms with E-state index in [0.29, 0.717) is 12.2 Å². The number of hydrogen-bond acceptors (Lipinski definition) is 4. The highest BCUT2D eigenvalue weighted by Gasteiger charge is 2.11. The van der Waals surface area contributed by atoms with Crippen molar-refractivity contribution in [3.05, 3.63) is 46.1 Å². The summed E-state index contributed by atoms with van der Waals surface area (Å²) in [6, 6.07) is 7.45. The maximum absolute atomic E-state index is 10.4. The van der Waals surface area contributed by atoms with E-state index < -0.39 is 4.92 Å². The number of imidazole rings is 1. The number of nitrogens with zero attached hydrogens (tertiary/aromatic N) is 2. The molecule has 2 aromatic rings. The van der Waals surface area contributed by atoms with Gasteiger partial charge >= 0.3 is 5.95 Å². The third-order valence-electron chi connectivity index (χ3n) is 2.24. The molecule has 2 rings (SSSR count). The first-order valence-electron chi connectivity index (χ1n) is 4.69. The van der Waals surface area contributed by atoms with Gasteiger partial charge in [0.1, 0.15) is 11.9 Å². The summed E-state index contributed by atoms with van der Waals surface area (Å²) in [5.74, 6) is -0.252. The summed E-state index contributed by atoms with van der Waals surface area (Å²) in [6.07, 6.45) is 1.44. The van der Waals surface area contributed by atoms with Crippen LogP contribution in [0.2, 0.25) is 0 Å². The van der Waals surface area contributed by atoms with Crippen molar-refractivity contribution in [3.8, 4) is 11.3 Å². The Morgan fingerprint density at radius 1 is 1.38 bits per heavy atom. The summed E-state index contributed by atoms with van der Waals surface area (Å²) >= 11 is 0. The molecule has 3 N–H and O–H groups in total. The van der Waals surface area contributed by atoms with Gasteiger partial charge in [-0.05, 0) is 10.5 Å². The number of aromatic nitrogens is 2. The lowest BCUT2D eigenvalue weighted by Crippen LogP contribution is -1.95. The predicted molar refractivity (Wildman–Crippen MR) is 58.6 cm³/mol. The van der Waals surface area contributed by atoms with E-state index in [0.717, 1.165) is 11.1 Å². The molecule has 0 aliphatic rings. The number of nitrogens with one attached hydrogen (secondary N) is 1. The average molecular weight is 218 g/mol. The zero-order valence-corrected chi connectivity index (χ0v) is 8.38. The molecule has 0 radical (unpaired) electrons. The van der Waals surface area contributed by atoms with Crippen LogP contribution in [-0.2, 0) is 6.54 Å². The zero-order chi connectivity index (χ0) is 11.5. The van der Waals surface area contributed by atoms with Crippen LogP contribution in [0, 0.1) is 10.1 Å². The van der Waals surface area contributed by atoms with Gasteiger partial charge in [-0.15, -0.1) is 0 Å². The van der Waals surface area contributed by atoms with Gasteiger partial charge in [0, 0.05) is 12.1 Å². The van der Waals surface area contributed by atoms with E-state index in [1.807, 2.05) is 24.3 Å². The van der Waals surface area contributed by atoms with Crippen LogP contribution in [0.25, 0.3) is 11.3 Å². The Hall–Kier alpha value is -2.21. The highest BCUT2D eigenvalue weighted by atomic mass is 16.6. The molecule has 0 saturated heterocycles. The van der Waals surface area contributed by atoms with Crippen molar-refractivity contribution in [2.24, 2.45) is 5.73 Å². The SMILES string of the molecule is NCc1ccc(-c2cnc([N+](=O)[O-])[nH]2)cc1. The maximum Gasteiger partial charge on any atom is 0.432 e. The molecule has 0 aliphatic heterocycles. The van der Waals surface area contributed by atoms with E-state index >= 15 is 0 Å². The summed E-state index contributed by atoms with van der Waals surface area (Å²) in [6.45, 7) is 0.476. The molecule has 0 atom stereocenters. The number of nitro groups is 1. The van der Waals surface area contributed by atoms with Crippen LogP contribution >= 0.6 is 0 Å². The van der Waals surface area contributed by atoms with Gasteiger partial charge in [0.15, 0.2) is 0 Å². The van der Waals surface area contributed by atoms with Crippen LogP contribution < -0.4 is 5.73 Å². The minimum Gasteiger partial charge on any atom is -0.390 e. The molecule has 0 spiro atoms. The molecule has 6 heteroatoms. The fourth-order valence-corrected chi connectivity index (χ4v) is 1.37. The highest BCUT2D eigenvalue weighted by Crippen LogP contribution is 2.19. The largest absolute Gasteiger partial charge is 0.432 e. The lowest BCUT2D eigenvalue weighted by molar-refractivity contribution is -0.393. The van der Waals surface area contributed by atoms with Crippen molar-refractivity contribution in [2.45, 2.75) is 6.54 Å². The lowest BCUT2D eigenvalue weighted by atomic mass is 10.1. The molecule has 0 fully saturated rings. The van der Waals surface area contributed by atoms with E-state index in [4.69, 9.17) is 5.73 Å². The molecule has 0 aliphatic carbocycles. The maximum atomic E-state index is 10.4. The Morgan fingerprint density at radius 2 is 2.06 bits per heavy atom. The van der Waals surface area contributed by atoms with Gasteiger partial charge < -0.3 is 15.8 Å². The third kappa shape index (κ3) is 1.91. The van der Waals surface area contributed by atoms with Crippen LogP contribution in [0.4, 0.5) is 5.95 Å². The fraction of sp³-hybridized carbons (Fsp3) is 0.100. The number of H-pyrrole nitrogens is 1. The Labute approximate surface area is 91.3 Å². The van der Waals surface area contributed by atoms with Crippen LogP contribution in [0.1, 0.15) is 5.56 Å². The number of nitrogens with two attached hydrogens (primary N) is 1. The Morgan fingerprint density at radius 3 is 2.56 bits per heavy atom. The predicted octanol–water partition coefficient (Wildman–Crippen LogP) is 1.44. The second-order valence-electron chi connectivity index (χ2n) is 3.28. The molecule has 6 nitrogen and oxygen atoms in total. The molecule has 1 heterocycles. The number of benzene rings is 1. The summed E-state index contributed by atoms with van der Waals surface area (Å²) in [7, 11) is 0. The third-order valence-corrected chi connectivity index (χ3v) is 2.24. The molecule has 0 unspecified atom stereocenters. The van der Waals surface area contributed by atoms with Crippen molar-refractivity contribution in [1.29, 1.82) is 0 Å². The van der Waals surface area contributed by atoms with E-state index in [-0.39, 0.29) is 5.95 Å². The van der Waals surface area contributed by atoms with Crippen LogP contribution in [0.3, 0.4) is 0 Å². The molecule has 1 aromatic carbocycles. The van der Waals surface area contributed by atoms with Crippen LogP contribution in [0.15, 0.2) is 30.5 Å². The molecule has 0 bridgehead atoms. The minimum absolute atomic E-state index is 0.252. The second-order valence-corrected chi connectivity index (χ2v) is 3.28. The van der Waals surface area contributed by atoms with Crippen LogP contribution in [-0.4, -0.2) is 14.9 Å². The van der Waals surface area contributed by atoms with Gasteiger partial charge in [-0.3, -0.25) is 0 Å². The van der Waals surface area contributed by atoms with Gasteiger partial charge in [-0.1, -0.05) is 29.2 Å². The van der Waals surface area contributed by atoms with Crippen molar-refractivity contribution < 1.29 is 4.92 Å². The molecule has 82 valence electrons. The zero-order valence-electron chi connectivity index (χ0n) is 8.38. The van der Waals surface area contributed by atoms with Crippen LogP contribution in [0.5, 0.6) is 0 Å². The monoisotopic (exact) mass is 218 g/mol. The summed E-state index contributed by atoms with van der Waals surface area (Å²) < 4.78 is 0. The standard InChI is InChI=1S/C10H10N4O2/c11-5-7-1-3-8(4-2-7)9-6-12-10(13-9)14(15)16/h1-4,6H,5,11H2,(H,12,13). The Balaban J connectivity index is 2.31. The second kappa shape index (κ2) is 4.11. The summed E-state index contributed by atoms with van der Waals surface area (Å²) in [5.41, 5.74) is 7.95. The summed E-state index contributed by atoms with van der Waals surface area (Å²) in [5, 5.41) is 10.4. The molecule has 16 heavy (non-hydrogen) atoms. The molecule has 1 aromatic heterocycles. The highest BCUT2D eigenvalue weighted by molar-refractivity contribution is 5.59. The van der Waals surface area contributed by atoms with Gasteiger partial charge in [-0.2, -0.15) is 0 Å². The van der Waals surface area contributed by atoms with E-state index in [9.17, 15) is 10.1 Å². The normalized spacial score (nSPS) is 10.3. The quantitative estimate of drug-likeness (QED) is 0.601. The van der Waals surface area contributed by atoms with Crippen molar-refractivity contribution in [3.63, 3.8) is 0 Å². The van der Waals surface area contributed by atoms with E-state index in [2.05, 4.69) is 9.97 Å². The molecule has 0 saturated carbocycles. The number of rotatable bonds is 3. The average Bonchev–Trinajstić information content (AvgIpc) is 2.78. The first kappa shape index (κ1) is 10.3. The van der Waals surface area contributed by atoms with Crippen molar-refractivity contribution >= 4 is 5.95 Å². The number of aromatic amines is 1. The fourth-order valence-electron chi connectivity index (χ4n) is 1.37. The minimum atomic E-state index is -0.558. The first-order valence-corrected chi connectivity index (χ1v) is 4.69. The Kier molecular flexibility index (Phi) is 2.65. The van der Waals surface area contributed by atoms with E-state index in [1.54, 1.807) is 0 Å².